The fourth-order valence-corrected chi connectivity index (χ4v) is 12.4. The molecule has 67 heavy (non-hydrogen) atoms. The van der Waals surface area contributed by atoms with E-state index in [9.17, 15) is 10.2 Å². The lowest BCUT2D eigenvalue weighted by Gasteiger charge is -2.35. The number of phenols is 2. The topological polar surface area (TPSA) is 40.5 Å². The molecular formula is C65H38O2. The number of hydrogen-bond donors (Lipinski definition) is 2. The lowest BCUT2D eigenvalue weighted by atomic mass is 9.66. The Hall–Kier alpha value is -8.72. The molecule has 2 N–H and O–H groups in total. The average molecular weight is 851 g/mol. The van der Waals surface area contributed by atoms with Crippen molar-refractivity contribution in [1.82, 2.24) is 0 Å². The maximum absolute atomic E-state index is 10.6. The zero-order valence-corrected chi connectivity index (χ0v) is 36.2. The molecule has 0 bridgehead atoms. The molecule has 0 amide bonds. The highest BCUT2D eigenvalue weighted by Crippen LogP contribution is 2.59. The summed E-state index contributed by atoms with van der Waals surface area (Å²) in [6.07, 6.45) is 0. The molecule has 0 aromatic heterocycles. The molecule has 14 aromatic carbocycles. The highest BCUT2D eigenvalue weighted by molar-refractivity contribution is 6.27. The van der Waals surface area contributed by atoms with Crippen LogP contribution >= 0.6 is 0 Å². The first-order chi connectivity index (χ1) is 33.0. The third kappa shape index (κ3) is 4.99. The van der Waals surface area contributed by atoms with Gasteiger partial charge in [0, 0.05) is 0 Å². The predicted molar refractivity (Wildman–Crippen MR) is 280 cm³/mol. The number of fused-ring (bicyclic) bond motifs is 5. The van der Waals surface area contributed by atoms with E-state index in [0.717, 1.165) is 43.8 Å². The van der Waals surface area contributed by atoms with E-state index in [1.54, 1.807) is 12.1 Å². The van der Waals surface area contributed by atoms with Gasteiger partial charge in [-0.25, -0.2) is 0 Å². The van der Waals surface area contributed by atoms with Crippen molar-refractivity contribution in [3.63, 3.8) is 0 Å². The summed E-state index contributed by atoms with van der Waals surface area (Å²) in [7, 11) is 0. The Morgan fingerprint density at radius 2 is 0.597 bits per heavy atom. The monoisotopic (exact) mass is 850 g/mol. The van der Waals surface area contributed by atoms with Crippen molar-refractivity contribution in [3.8, 4) is 44.9 Å². The van der Waals surface area contributed by atoms with E-state index in [4.69, 9.17) is 0 Å². The molecule has 0 atom stereocenters. The predicted octanol–water partition coefficient (Wildman–Crippen LogP) is 16.9. The first-order valence-corrected chi connectivity index (χ1v) is 23.1. The minimum atomic E-state index is -0.775. The molecule has 0 radical (unpaired) electrons. The second-order valence-electron chi connectivity index (χ2n) is 18.7. The normalized spacial score (nSPS) is 13.3. The van der Waals surface area contributed by atoms with E-state index in [0.29, 0.717) is 0 Å². The van der Waals surface area contributed by atoms with Gasteiger partial charge in [0.2, 0.25) is 0 Å². The second-order valence-corrected chi connectivity index (χ2v) is 18.7. The summed E-state index contributed by atoms with van der Waals surface area (Å²) < 4.78 is 0. The number of hydrogen-bond acceptors (Lipinski definition) is 2. The van der Waals surface area contributed by atoms with Crippen LogP contribution in [0.5, 0.6) is 11.5 Å². The molecular weight excluding hydrogens is 813 g/mol. The molecule has 15 rings (SSSR count). The standard InChI is InChI=1S/C65H38O2/c66-51-23-13-43-31-49(21-11-45(43)33-51)65(50-22-12-46-34-52(67)24-14-44(46)32-50)59-35-47(53-25-15-41-9-7-37-3-1-5-39-17-29-57(53)63(41)61(37)39)19-27-55(59)56-28-20-48(36-60(56)65)54-26-16-42-10-8-38-4-2-6-40-18-30-58(54)64(42)62(38)40/h1-36,66-67H. The molecule has 0 saturated carbocycles. The van der Waals surface area contributed by atoms with Gasteiger partial charge in [0.05, 0.1) is 5.41 Å². The minimum absolute atomic E-state index is 0.250. The number of aromatic hydroxyl groups is 2. The Labute approximate surface area is 385 Å². The van der Waals surface area contributed by atoms with Gasteiger partial charge in [-0.15, -0.1) is 0 Å². The summed E-state index contributed by atoms with van der Waals surface area (Å²) >= 11 is 0. The van der Waals surface area contributed by atoms with Crippen molar-refractivity contribution in [1.29, 1.82) is 0 Å². The SMILES string of the molecule is Oc1ccc2cc(C3(c4ccc5cc(O)ccc5c4)c4cc(-c5ccc6ccc7cccc8ccc5c6c78)ccc4-c4ccc(-c5ccc6ccc7cccc8ccc5c6c78)cc43)ccc2c1. The summed E-state index contributed by atoms with van der Waals surface area (Å²) in [5, 5.41) is 40.5. The van der Waals surface area contributed by atoms with Crippen LogP contribution in [0.4, 0.5) is 0 Å². The second kappa shape index (κ2) is 13.2. The van der Waals surface area contributed by atoms with E-state index in [1.807, 2.05) is 24.3 Å². The Morgan fingerprint density at radius 3 is 1.04 bits per heavy atom. The molecule has 14 aromatic rings. The molecule has 0 aliphatic heterocycles. The van der Waals surface area contributed by atoms with E-state index < -0.39 is 5.41 Å². The highest BCUT2D eigenvalue weighted by Gasteiger charge is 2.47. The van der Waals surface area contributed by atoms with E-state index >= 15 is 0 Å². The van der Waals surface area contributed by atoms with Gasteiger partial charge in [-0.2, -0.15) is 0 Å². The first kappa shape index (κ1) is 36.6. The molecule has 0 spiro atoms. The fraction of sp³-hybridized carbons (Fsp3) is 0.0154. The van der Waals surface area contributed by atoms with Crippen LogP contribution in [0.2, 0.25) is 0 Å². The quantitative estimate of drug-likeness (QED) is 0.173. The number of benzene rings is 14. The van der Waals surface area contributed by atoms with Gasteiger partial charge in [-0.05, 0) is 190 Å². The summed E-state index contributed by atoms with van der Waals surface area (Å²) in [6, 6.07) is 79.8. The minimum Gasteiger partial charge on any atom is -0.508 e. The largest absolute Gasteiger partial charge is 0.508 e. The lowest BCUT2D eigenvalue weighted by Crippen LogP contribution is -2.28. The molecule has 0 fully saturated rings. The van der Waals surface area contributed by atoms with E-state index in [2.05, 4.69) is 182 Å². The molecule has 0 heterocycles. The third-order valence-corrected chi connectivity index (χ3v) is 15.3. The zero-order chi connectivity index (χ0) is 44.1. The summed E-state index contributed by atoms with van der Waals surface area (Å²) in [4.78, 5) is 0. The van der Waals surface area contributed by atoms with Crippen LogP contribution in [-0.4, -0.2) is 10.2 Å². The van der Waals surface area contributed by atoms with Crippen LogP contribution in [0.3, 0.4) is 0 Å². The summed E-state index contributed by atoms with van der Waals surface area (Å²) in [6.45, 7) is 0. The Kier molecular flexibility index (Phi) is 7.21. The van der Waals surface area contributed by atoms with Crippen LogP contribution < -0.4 is 0 Å². The summed E-state index contributed by atoms with van der Waals surface area (Å²) in [5.74, 6) is 0.500. The third-order valence-electron chi connectivity index (χ3n) is 15.3. The van der Waals surface area contributed by atoms with Crippen LogP contribution in [0, 0.1) is 0 Å². The summed E-state index contributed by atoms with van der Waals surface area (Å²) in [5.41, 5.74) is 11.1. The van der Waals surface area contributed by atoms with Gasteiger partial charge in [0.15, 0.2) is 0 Å². The first-order valence-electron chi connectivity index (χ1n) is 23.1. The van der Waals surface area contributed by atoms with Crippen molar-refractivity contribution in [2.75, 3.05) is 0 Å². The molecule has 2 nitrogen and oxygen atoms in total. The van der Waals surface area contributed by atoms with Crippen LogP contribution in [-0.2, 0) is 5.41 Å². The maximum atomic E-state index is 10.6. The van der Waals surface area contributed by atoms with Crippen molar-refractivity contribution >= 4 is 86.2 Å². The Morgan fingerprint density at radius 1 is 0.254 bits per heavy atom. The zero-order valence-electron chi connectivity index (χ0n) is 36.2. The van der Waals surface area contributed by atoms with E-state index in [-0.39, 0.29) is 11.5 Å². The lowest BCUT2D eigenvalue weighted by molar-refractivity contribution is 0.475. The van der Waals surface area contributed by atoms with Crippen molar-refractivity contribution in [2.45, 2.75) is 5.41 Å². The van der Waals surface area contributed by atoms with Crippen molar-refractivity contribution in [3.05, 3.63) is 241 Å². The molecule has 2 heteroatoms. The highest BCUT2D eigenvalue weighted by atomic mass is 16.3. The smallest absolute Gasteiger partial charge is 0.116 e. The fourth-order valence-electron chi connectivity index (χ4n) is 12.4. The van der Waals surface area contributed by atoms with Gasteiger partial charge in [0.25, 0.3) is 0 Å². The van der Waals surface area contributed by atoms with Gasteiger partial charge in [0.1, 0.15) is 11.5 Å². The van der Waals surface area contributed by atoms with Gasteiger partial charge < -0.3 is 10.2 Å². The Balaban J connectivity index is 1.05. The van der Waals surface area contributed by atoms with E-state index in [1.165, 1.54) is 98.0 Å². The van der Waals surface area contributed by atoms with Crippen molar-refractivity contribution < 1.29 is 10.2 Å². The van der Waals surface area contributed by atoms with Gasteiger partial charge >= 0.3 is 0 Å². The van der Waals surface area contributed by atoms with Gasteiger partial charge in [-0.3, -0.25) is 0 Å². The molecule has 1 aliphatic rings. The van der Waals surface area contributed by atoms with Crippen molar-refractivity contribution in [2.24, 2.45) is 0 Å². The van der Waals surface area contributed by atoms with Gasteiger partial charge in [-0.1, -0.05) is 170 Å². The number of rotatable bonds is 4. The average Bonchev–Trinajstić information content (AvgIpc) is 3.66. The molecule has 0 unspecified atom stereocenters. The number of phenolic OH excluding ortho intramolecular Hbond substituents is 2. The maximum Gasteiger partial charge on any atom is 0.116 e. The molecule has 1 aliphatic carbocycles. The van der Waals surface area contributed by atoms with Crippen LogP contribution in [0.1, 0.15) is 22.3 Å². The molecule has 0 saturated heterocycles. The van der Waals surface area contributed by atoms with Crippen LogP contribution in [0.25, 0.3) is 120 Å². The van der Waals surface area contributed by atoms with Crippen LogP contribution in [0.15, 0.2) is 218 Å². The Bertz CT molecular complexity index is 4110. The molecule has 310 valence electrons.